The summed E-state index contributed by atoms with van der Waals surface area (Å²) in [4.78, 5) is 12.1. The van der Waals surface area contributed by atoms with Crippen LogP contribution in [0.2, 0.25) is 0 Å². The summed E-state index contributed by atoms with van der Waals surface area (Å²) >= 11 is 8.21. The molecular formula is C14H11BrFN3OS. The van der Waals surface area contributed by atoms with Gasteiger partial charge in [0.1, 0.15) is 10.8 Å². The molecule has 2 aromatic rings. The van der Waals surface area contributed by atoms with Crippen molar-refractivity contribution in [3.63, 3.8) is 0 Å². The molecular weight excluding hydrogens is 357 g/mol. The van der Waals surface area contributed by atoms with Crippen molar-refractivity contribution in [1.29, 1.82) is 0 Å². The Kier molecular flexibility index (Phi) is 4.87. The monoisotopic (exact) mass is 367 g/mol. The lowest BCUT2D eigenvalue weighted by molar-refractivity contribution is 0.262. The quantitative estimate of drug-likeness (QED) is 0.721. The molecule has 4 N–H and O–H groups in total. The lowest BCUT2D eigenvalue weighted by atomic mass is 10.2. The predicted octanol–water partition coefficient (Wildman–Crippen LogP) is 3.87. The van der Waals surface area contributed by atoms with E-state index in [9.17, 15) is 9.18 Å². The Bertz CT molecular complexity index is 691. The predicted molar refractivity (Wildman–Crippen MR) is 89.1 cm³/mol. The van der Waals surface area contributed by atoms with Gasteiger partial charge in [0, 0.05) is 15.7 Å². The number of halogens is 2. The van der Waals surface area contributed by atoms with Gasteiger partial charge < -0.3 is 16.4 Å². The van der Waals surface area contributed by atoms with Crippen LogP contribution in [0.1, 0.15) is 5.56 Å². The van der Waals surface area contributed by atoms with Gasteiger partial charge in [-0.1, -0.05) is 12.2 Å². The third-order valence-corrected chi connectivity index (χ3v) is 3.50. The van der Waals surface area contributed by atoms with Crippen molar-refractivity contribution in [2.75, 3.05) is 10.6 Å². The minimum atomic E-state index is -0.439. The van der Waals surface area contributed by atoms with E-state index >= 15 is 0 Å². The molecule has 2 rings (SSSR count). The number of nitrogens with one attached hydrogen (secondary N) is 2. The van der Waals surface area contributed by atoms with E-state index in [-0.39, 0.29) is 10.8 Å². The lowest BCUT2D eigenvalue weighted by Crippen LogP contribution is -2.20. The molecule has 7 heteroatoms. The number of amides is 2. The summed E-state index contributed by atoms with van der Waals surface area (Å²) in [7, 11) is 0. The normalized spacial score (nSPS) is 10.0. The standard InChI is InChI=1S/C14H11BrFN3OS/c15-11-7-8(13(17)21)1-6-12(11)19-14(20)18-10-4-2-9(16)3-5-10/h1-7H,(H2,17,21)(H2,18,19,20). The van der Waals surface area contributed by atoms with Gasteiger partial charge >= 0.3 is 6.03 Å². The SMILES string of the molecule is NC(=S)c1ccc(NC(=O)Nc2ccc(F)cc2)c(Br)c1. The molecule has 0 spiro atoms. The van der Waals surface area contributed by atoms with Gasteiger partial charge in [-0.25, -0.2) is 9.18 Å². The summed E-state index contributed by atoms with van der Waals surface area (Å²) < 4.78 is 13.4. The van der Waals surface area contributed by atoms with Gasteiger partial charge in [-0.15, -0.1) is 0 Å². The van der Waals surface area contributed by atoms with E-state index in [4.69, 9.17) is 18.0 Å². The molecule has 2 aromatic carbocycles. The summed E-state index contributed by atoms with van der Waals surface area (Å²) in [6.45, 7) is 0. The first-order chi connectivity index (χ1) is 9.95. The number of benzene rings is 2. The highest BCUT2D eigenvalue weighted by Crippen LogP contribution is 2.24. The summed E-state index contributed by atoms with van der Waals surface area (Å²) in [5.41, 5.74) is 7.28. The summed E-state index contributed by atoms with van der Waals surface area (Å²) in [5.74, 6) is -0.364. The number of urea groups is 1. The van der Waals surface area contributed by atoms with E-state index in [0.29, 0.717) is 21.4 Å². The van der Waals surface area contributed by atoms with Crippen LogP contribution in [-0.4, -0.2) is 11.0 Å². The molecule has 0 fully saturated rings. The Morgan fingerprint density at radius 1 is 1.14 bits per heavy atom. The van der Waals surface area contributed by atoms with Crippen LogP contribution in [0.3, 0.4) is 0 Å². The second kappa shape index (κ2) is 6.64. The van der Waals surface area contributed by atoms with Gasteiger partial charge in [0.25, 0.3) is 0 Å². The van der Waals surface area contributed by atoms with E-state index in [1.165, 1.54) is 24.3 Å². The molecule has 0 aliphatic rings. The Hall–Kier alpha value is -1.99. The highest BCUT2D eigenvalue weighted by atomic mass is 79.9. The van der Waals surface area contributed by atoms with E-state index in [1.54, 1.807) is 18.2 Å². The fourth-order valence-corrected chi connectivity index (χ4v) is 2.19. The Balaban J connectivity index is 2.06. The molecule has 0 aliphatic heterocycles. The molecule has 108 valence electrons. The molecule has 0 bridgehead atoms. The van der Waals surface area contributed by atoms with Gasteiger partial charge in [-0.3, -0.25) is 0 Å². The maximum Gasteiger partial charge on any atom is 0.323 e. The van der Waals surface area contributed by atoms with Crippen molar-refractivity contribution in [2.24, 2.45) is 5.73 Å². The van der Waals surface area contributed by atoms with Crippen molar-refractivity contribution in [3.8, 4) is 0 Å². The fourth-order valence-electron chi connectivity index (χ4n) is 1.59. The molecule has 2 amide bonds. The molecule has 21 heavy (non-hydrogen) atoms. The second-order valence-electron chi connectivity index (χ2n) is 4.14. The second-order valence-corrected chi connectivity index (χ2v) is 5.44. The number of thiocarbonyl (C=S) groups is 1. The van der Waals surface area contributed by atoms with Crippen LogP contribution in [0.25, 0.3) is 0 Å². The Morgan fingerprint density at radius 3 is 2.38 bits per heavy atom. The summed E-state index contributed by atoms with van der Waals surface area (Å²) in [5, 5.41) is 5.26. The molecule has 0 atom stereocenters. The highest BCUT2D eigenvalue weighted by molar-refractivity contribution is 9.10. The number of hydrogen-bond donors (Lipinski definition) is 3. The third kappa shape index (κ3) is 4.24. The third-order valence-electron chi connectivity index (χ3n) is 2.60. The van der Waals surface area contributed by atoms with Crippen LogP contribution < -0.4 is 16.4 Å². The van der Waals surface area contributed by atoms with E-state index in [1.807, 2.05) is 0 Å². The first-order valence-electron chi connectivity index (χ1n) is 5.88. The number of rotatable bonds is 3. The zero-order valence-corrected chi connectivity index (χ0v) is 13.1. The molecule has 0 aromatic heterocycles. The summed E-state index contributed by atoms with van der Waals surface area (Å²) in [6.07, 6.45) is 0. The molecule has 0 saturated heterocycles. The average molecular weight is 368 g/mol. The van der Waals surface area contributed by atoms with Crippen molar-refractivity contribution in [1.82, 2.24) is 0 Å². The minimum Gasteiger partial charge on any atom is -0.389 e. The zero-order chi connectivity index (χ0) is 15.4. The number of carbonyl (C=O) groups is 1. The number of nitrogens with two attached hydrogens (primary N) is 1. The van der Waals surface area contributed by atoms with Crippen LogP contribution in [0.5, 0.6) is 0 Å². The van der Waals surface area contributed by atoms with Crippen molar-refractivity contribution >= 4 is 50.5 Å². The van der Waals surface area contributed by atoms with Gasteiger partial charge in [0.2, 0.25) is 0 Å². The Labute approximate surface area is 134 Å². The van der Waals surface area contributed by atoms with E-state index in [0.717, 1.165) is 0 Å². The Morgan fingerprint density at radius 2 is 1.81 bits per heavy atom. The van der Waals surface area contributed by atoms with Gasteiger partial charge in [0.05, 0.1) is 5.69 Å². The number of carbonyl (C=O) groups excluding carboxylic acids is 1. The van der Waals surface area contributed by atoms with Crippen LogP contribution in [0.15, 0.2) is 46.9 Å². The first-order valence-corrected chi connectivity index (χ1v) is 7.09. The van der Waals surface area contributed by atoms with Gasteiger partial charge in [-0.05, 0) is 58.4 Å². The zero-order valence-electron chi connectivity index (χ0n) is 10.7. The number of hydrogen-bond acceptors (Lipinski definition) is 2. The van der Waals surface area contributed by atoms with Crippen molar-refractivity contribution in [2.45, 2.75) is 0 Å². The molecule has 0 heterocycles. The van der Waals surface area contributed by atoms with Crippen LogP contribution in [-0.2, 0) is 0 Å². The molecule has 0 saturated carbocycles. The van der Waals surface area contributed by atoms with E-state index in [2.05, 4.69) is 26.6 Å². The largest absolute Gasteiger partial charge is 0.389 e. The smallest absolute Gasteiger partial charge is 0.323 e. The highest BCUT2D eigenvalue weighted by Gasteiger charge is 2.07. The van der Waals surface area contributed by atoms with Crippen LogP contribution in [0.4, 0.5) is 20.6 Å². The topological polar surface area (TPSA) is 67.1 Å². The summed E-state index contributed by atoms with van der Waals surface area (Å²) in [6, 6.07) is 10.1. The van der Waals surface area contributed by atoms with Crippen LogP contribution in [0, 0.1) is 5.82 Å². The minimum absolute atomic E-state index is 0.276. The molecule has 0 aliphatic carbocycles. The van der Waals surface area contributed by atoms with Gasteiger partial charge in [-0.2, -0.15) is 0 Å². The molecule has 4 nitrogen and oxygen atoms in total. The van der Waals surface area contributed by atoms with Crippen molar-refractivity contribution in [3.05, 3.63) is 58.3 Å². The van der Waals surface area contributed by atoms with E-state index < -0.39 is 6.03 Å². The molecule has 0 unspecified atom stereocenters. The van der Waals surface area contributed by atoms with Gasteiger partial charge in [0.15, 0.2) is 0 Å². The van der Waals surface area contributed by atoms with Crippen molar-refractivity contribution < 1.29 is 9.18 Å². The average Bonchev–Trinajstić information content (AvgIpc) is 2.43. The maximum atomic E-state index is 12.8. The number of anilines is 2. The lowest BCUT2D eigenvalue weighted by Gasteiger charge is -2.10. The van der Waals surface area contributed by atoms with Crippen LogP contribution >= 0.6 is 28.1 Å². The first kappa shape index (κ1) is 15.4. The molecule has 0 radical (unpaired) electrons. The maximum absolute atomic E-state index is 12.8. The fraction of sp³-hybridized carbons (Fsp3) is 0.